The number of methoxy groups -OCH3 is 1. The summed E-state index contributed by atoms with van der Waals surface area (Å²) in [5.41, 5.74) is -0.791. The first-order valence-corrected chi connectivity index (χ1v) is 9.56. The third-order valence-corrected chi connectivity index (χ3v) is 4.27. The van der Waals surface area contributed by atoms with Gasteiger partial charge in [0, 0.05) is 19.0 Å². The zero-order valence-electron chi connectivity index (χ0n) is 14.7. The fourth-order valence-corrected chi connectivity index (χ4v) is 2.76. The second-order valence-corrected chi connectivity index (χ2v) is 7.02. The van der Waals surface area contributed by atoms with E-state index in [0.717, 1.165) is 4.57 Å². The van der Waals surface area contributed by atoms with Gasteiger partial charge < -0.3 is 34.2 Å². The summed E-state index contributed by atoms with van der Waals surface area (Å²) < 4.78 is 25.7. The number of hydrogen-bond donors (Lipinski definition) is 3. The molecule has 14 heteroatoms. The summed E-state index contributed by atoms with van der Waals surface area (Å²) in [6, 6.07) is 1.32. The van der Waals surface area contributed by atoms with Crippen molar-refractivity contribution < 1.29 is 43.0 Å². The van der Waals surface area contributed by atoms with Crippen molar-refractivity contribution in [3.63, 3.8) is 0 Å². The van der Waals surface area contributed by atoms with E-state index in [4.69, 9.17) is 9.63 Å². The zero-order valence-corrected chi connectivity index (χ0v) is 15.6. The summed E-state index contributed by atoms with van der Waals surface area (Å²) in [5, 5.41) is 12.3. The molecule has 1 aliphatic heterocycles. The third kappa shape index (κ3) is 6.48. The molecule has 1 amide bonds. The van der Waals surface area contributed by atoms with E-state index < -0.39 is 50.4 Å². The molecule has 1 saturated heterocycles. The Labute approximate surface area is 158 Å². The van der Waals surface area contributed by atoms with Crippen LogP contribution >= 0.6 is 7.82 Å². The van der Waals surface area contributed by atoms with E-state index in [1.54, 1.807) is 0 Å². The lowest BCUT2D eigenvalue weighted by molar-refractivity contribution is -0.223. The van der Waals surface area contributed by atoms with Gasteiger partial charge in [-0.05, 0) is 6.07 Å². The standard InChI is InChI=1S/C14H20N3O10P/c1-25-13(20)3-2-11(19)15-10-4-5-17(14(21)16-10)12-6-8(18)9(27-12)7-26-28(22,23)24/h4-5,8-9,12,18H,2-3,6-7H2,1H3,(H2,22,23,24)(H,15,16,19,21)/p-1/t8-,9-,12-/m1/s1. The lowest BCUT2D eigenvalue weighted by Gasteiger charge is -2.20. The quantitative estimate of drug-likeness (QED) is 0.320. The van der Waals surface area contributed by atoms with Crippen LogP contribution in [0.4, 0.5) is 5.82 Å². The number of carbonyl (C=O) groups is 2. The number of nitrogens with zero attached hydrogens (tertiary/aromatic N) is 2. The van der Waals surface area contributed by atoms with Gasteiger partial charge in [-0.15, -0.1) is 0 Å². The first kappa shape index (κ1) is 22.1. The van der Waals surface area contributed by atoms with Gasteiger partial charge in [0.15, 0.2) is 0 Å². The van der Waals surface area contributed by atoms with Gasteiger partial charge in [0.25, 0.3) is 7.82 Å². The number of phosphoric ester groups is 1. The van der Waals surface area contributed by atoms with Crippen molar-refractivity contribution in [3.8, 4) is 0 Å². The number of esters is 1. The molecule has 1 aromatic rings. The number of ether oxygens (including phenoxy) is 2. The van der Waals surface area contributed by atoms with E-state index in [1.165, 1.54) is 19.4 Å². The molecule has 0 aliphatic carbocycles. The minimum atomic E-state index is -4.97. The fraction of sp³-hybridized carbons (Fsp3) is 0.571. The Kier molecular flexibility index (Phi) is 7.41. The molecular formula is C14H19N3O10P-. The van der Waals surface area contributed by atoms with Crippen molar-refractivity contribution >= 4 is 25.5 Å². The van der Waals surface area contributed by atoms with Crippen LogP contribution in [0.1, 0.15) is 25.5 Å². The highest BCUT2D eigenvalue weighted by Crippen LogP contribution is 2.34. The molecule has 28 heavy (non-hydrogen) atoms. The molecule has 156 valence electrons. The van der Waals surface area contributed by atoms with Crippen LogP contribution in [0.5, 0.6) is 0 Å². The van der Waals surface area contributed by atoms with Gasteiger partial charge in [0.1, 0.15) is 18.1 Å². The van der Waals surface area contributed by atoms with Crippen LogP contribution in [-0.4, -0.2) is 57.4 Å². The number of aliphatic hydroxyl groups excluding tert-OH is 1. The molecule has 1 aliphatic rings. The predicted molar refractivity (Wildman–Crippen MR) is 88.7 cm³/mol. The Bertz CT molecular complexity index is 822. The Morgan fingerprint density at radius 3 is 2.82 bits per heavy atom. The van der Waals surface area contributed by atoms with E-state index in [-0.39, 0.29) is 25.1 Å². The van der Waals surface area contributed by atoms with Crippen molar-refractivity contribution in [2.45, 2.75) is 37.7 Å². The average molecular weight is 420 g/mol. The Balaban J connectivity index is 1.97. The van der Waals surface area contributed by atoms with Crippen LogP contribution in [0.2, 0.25) is 0 Å². The molecule has 1 aromatic heterocycles. The van der Waals surface area contributed by atoms with Crippen LogP contribution in [0.3, 0.4) is 0 Å². The van der Waals surface area contributed by atoms with E-state index >= 15 is 0 Å². The van der Waals surface area contributed by atoms with Gasteiger partial charge in [0.05, 0.1) is 26.2 Å². The van der Waals surface area contributed by atoms with Crippen molar-refractivity contribution in [3.05, 3.63) is 22.7 Å². The molecule has 4 atom stereocenters. The van der Waals surface area contributed by atoms with Gasteiger partial charge in [-0.2, -0.15) is 4.98 Å². The minimum absolute atomic E-state index is 0.0397. The molecule has 0 spiro atoms. The van der Waals surface area contributed by atoms with Crippen LogP contribution in [0.25, 0.3) is 0 Å². The van der Waals surface area contributed by atoms with Gasteiger partial charge in [0.2, 0.25) is 5.91 Å². The van der Waals surface area contributed by atoms with E-state index in [9.17, 15) is 28.9 Å². The van der Waals surface area contributed by atoms with E-state index in [2.05, 4.69) is 19.6 Å². The summed E-state index contributed by atoms with van der Waals surface area (Å²) in [6.45, 7) is -0.620. The zero-order chi connectivity index (χ0) is 20.9. The number of aromatic nitrogens is 2. The van der Waals surface area contributed by atoms with E-state index in [1.807, 2.05) is 0 Å². The number of nitrogens with one attached hydrogen (secondary N) is 1. The first-order chi connectivity index (χ1) is 13.1. The number of amides is 1. The Morgan fingerprint density at radius 1 is 1.50 bits per heavy atom. The van der Waals surface area contributed by atoms with Gasteiger partial charge in [-0.25, -0.2) is 4.79 Å². The minimum Gasteiger partial charge on any atom is -0.756 e. The maximum absolute atomic E-state index is 12.2. The summed E-state index contributed by atoms with van der Waals surface area (Å²) in [7, 11) is -3.77. The summed E-state index contributed by atoms with van der Waals surface area (Å²) in [6.07, 6.45) is -2.21. The molecule has 13 nitrogen and oxygen atoms in total. The summed E-state index contributed by atoms with van der Waals surface area (Å²) in [4.78, 5) is 57.8. The molecule has 1 unspecified atom stereocenters. The molecule has 2 rings (SSSR count). The number of hydrogen-bond acceptors (Lipinski definition) is 10. The molecule has 0 saturated carbocycles. The van der Waals surface area contributed by atoms with Crippen LogP contribution in [-0.2, 0) is 28.2 Å². The second kappa shape index (κ2) is 9.37. The number of anilines is 1. The fourth-order valence-electron chi connectivity index (χ4n) is 2.43. The number of aliphatic hydroxyl groups is 1. The molecule has 1 fully saturated rings. The molecule has 0 bridgehead atoms. The van der Waals surface area contributed by atoms with Crippen molar-refractivity contribution in [2.24, 2.45) is 0 Å². The molecule has 0 aromatic carbocycles. The predicted octanol–water partition coefficient (Wildman–Crippen LogP) is -1.74. The van der Waals surface area contributed by atoms with Gasteiger partial charge in [-0.1, -0.05) is 0 Å². The largest absolute Gasteiger partial charge is 0.756 e. The van der Waals surface area contributed by atoms with Crippen LogP contribution in [0.15, 0.2) is 17.1 Å². The molecule has 3 N–H and O–H groups in total. The van der Waals surface area contributed by atoms with Crippen molar-refractivity contribution in [1.29, 1.82) is 0 Å². The maximum Gasteiger partial charge on any atom is 0.351 e. The van der Waals surface area contributed by atoms with E-state index in [0.29, 0.717) is 0 Å². The highest BCUT2D eigenvalue weighted by atomic mass is 31.2. The van der Waals surface area contributed by atoms with Crippen LogP contribution < -0.4 is 15.9 Å². The molecule has 0 radical (unpaired) electrons. The smallest absolute Gasteiger partial charge is 0.351 e. The highest BCUT2D eigenvalue weighted by Gasteiger charge is 2.36. The molecule has 2 heterocycles. The first-order valence-electron chi connectivity index (χ1n) is 8.07. The Hall–Kier alpha value is -2.15. The molecular weight excluding hydrogens is 401 g/mol. The number of carbonyl (C=O) groups excluding carboxylic acids is 2. The monoisotopic (exact) mass is 420 g/mol. The topological polar surface area (TPSA) is 189 Å². The summed E-state index contributed by atoms with van der Waals surface area (Å²) >= 11 is 0. The van der Waals surface area contributed by atoms with Crippen LogP contribution in [0, 0.1) is 0 Å². The number of phosphoric acid groups is 1. The lowest BCUT2D eigenvalue weighted by Crippen LogP contribution is -2.29. The number of rotatable bonds is 8. The maximum atomic E-state index is 12.2. The second-order valence-electron chi connectivity index (χ2n) is 5.82. The highest BCUT2D eigenvalue weighted by molar-refractivity contribution is 7.44. The van der Waals surface area contributed by atoms with Gasteiger partial charge in [-0.3, -0.25) is 18.7 Å². The normalized spacial score (nSPS) is 23.8. The SMILES string of the molecule is COC(=O)CCC(=O)Nc1ccn([C@H]2C[C@@H](O)[C@@H](COP(=O)([O-])O)O2)c(=O)n1. The van der Waals surface area contributed by atoms with Gasteiger partial charge >= 0.3 is 11.7 Å². The lowest BCUT2D eigenvalue weighted by atomic mass is 10.2. The summed E-state index contributed by atoms with van der Waals surface area (Å²) in [5.74, 6) is -1.13. The Morgan fingerprint density at radius 2 is 2.21 bits per heavy atom. The third-order valence-electron chi connectivity index (χ3n) is 3.80. The van der Waals surface area contributed by atoms with Crippen molar-refractivity contribution in [1.82, 2.24) is 9.55 Å². The average Bonchev–Trinajstić information content (AvgIpc) is 2.98. The van der Waals surface area contributed by atoms with Crippen molar-refractivity contribution in [2.75, 3.05) is 19.0 Å².